The molecule has 0 bridgehead atoms. The van der Waals surface area contributed by atoms with E-state index in [-0.39, 0.29) is 18.4 Å². The maximum Gasteiger partial charge on any atom is 0.280 e. The van der Waals surface area contributed by atoms with Crippen molar-refractivity contribution in [3.8, 4) is 11.5 Å². The lowest BCUT2D eigenvalue weighted by Gasteiger charge is -2.11. The Balaban J connectivity index is 1.37. The van der Waals surface area contributed by atoms with Gasteiger partial charge in [0.25, 0.3) is 11.8 Å². The van der Waals surface area contributed by atoms with E-state index in [1.807, 2.05) is 61.5 Å². The monoisotopic (exact) mass is 441 g/mol. The number of benzene rings is 3. The predicted molar refractivity (Wildman–Crippen MR) is 129 cm³/mol. The van der Waals surface area contributed by atoms with Crippen LogP contribution in [0.4, 0.5) is 11.4 Å². The van der Waals surface area contributed by atoms with E-state index in [1.54, 1.807) is 37.5 Å². The van der Waals surface area contributed by atoms with Crippen molar-refractivity contribution >= 4 is 35.0 Å². The van der Waals surface area contributed by atoms with E-state index in [1.165, 1.54) is 5.01 Å². The highest BCUT2D eigenvalue weighted by Gasteiger charge is 2.28. The molecule has 166 valence electrons. The van der Waals surface area contributed by atoms with E-state index >= 15 is 0 Å². The molecule has 0 unspecified atom stereocenters. The van der Waals surface area contributed by atoms with Gasteiger partial charge in [0.2, 0.25) is 0 Å². The Bertz CT molecular complexity index is 1220. The van der Waals surface area contributed by atoms with Crippen LogP contribution in [0.2, 0.25) is 0 Å². The smallest absolute Gasteiger partial charge is 0.280 e. The van der Waals surface area contributed by atoms with Crippen molar-refractivity contribution in [1.82, 2.24) is 0 Å². The van der Waals surface area contributed by atoms with E-state index in [9.17, 15) is 9.59 Å². The van der Waals surface area contributed by atoms with Gasteiger partial charge in [-0.1, -0.05) is 42.5 Å². The van der Waals surface area contributed by atoms with Crippen molar-refractivity contribution in [3.05, 3.63) is 90.0 Å². The summed E-state index contributed by atoms with van der Waals surface area (Å²) in [6.45, 7) is 1.67. The minimum absolute atomic E-state index is 0.144. The zero-order chi connectivity index (χ0) is 23.2. The molecule has 3 aromatic carbocycles. The highest BCUT2D eigenvalue weighted by molar-refractivity contribution is 6.32. The molecule has 0 atom stereocenters. The van der Waals surface area contributed by atoms with Crippen LogP contribution >= 0.6 is 0 Å². The van der Waals surface area contributed by atoms with Gasteiger partial charge >= 0.3 is 0 Å². The summed E-state index contributed by atoms with van der Waals surface area (Å²) in [5, 5.41) is 8.55. The summed E-state index contributed by atoms with van der Waals surface area (Å²) in [6.07, 6.45) is 1.79. The molecule has 1 heterocycles. The highest BCUT2D eigenvalue weighted by Crippen LogP contribution is 2.25. The van der Waals surface area contributed by atoms with Crippen molar-refractivity contribution in [1.29, 1.82) is 0 Å². The van der Waals surface area contributed by atoms with Gasteiger partial charge in [0.05, 0.1) is 29.8 Å². The largest absolute Gasteiger partial charge is 0.495 e. The molecule has 1 N–H and O–H groups in total. The van der Waals surface area contributed by atoms with Gasteiger partial charge in [0.1, 0.15) is 11.5 Å². The summed E-state index contributed by atoms with van der Waals surface area (Å²) in [7, 11) is 1.55. The van der Waals surface area contributed by atoms with Gasteiger partial charge in [-0.2, -0.15) is 10.1 Å². The van der Waals surface area contributed by atoms with Crippen LogP contribution in [0.15, 0.2) is 89.5 Å². The van der Waals surface area contributed by atoms with Crippen molar-refractivity contribution in [2.75, 3.05) is 24.0 Å². The molecule has 0 saturated carbocycles. The first-order valence-corrected chi connectivity index (χ1v) is 10.4. The van der Waals surface area contributed by atoms with Crippen LogP contribution < -0.4 is 19.8 Å². The predicted octanol–water partition coefficient (Wildman–Crippen LogP) is 4.52. The van der Waals surface area contributed by atoms with Crippen molar-refractivity contribution in [2.24, 2.45) is 5.10 Å². The van der Waals surface area contributed by atoms with Crippen molar-refractivity contribution < 1.29 is 19.1 Å². The normalized spacial score (nSPS) is 14.2. The minimum atomic E-state index is -0.296. The number of hydrogen-bond donors (Lipinski definition) is 1. The van der Waals surface area contributed by atoms with Gasteiger partial charge in [-0.3, -0.25) is 9.59 Å². The lowest BCUT2D eigenvalue weighted by Crippen LogP contribution is -2.21. The zero-order valence-electron chi connectivity index (χ0n) is 18.3. The maximum atomic E-state index is 12.8. The molecule has 0 spiro atoms. The van der Waals surface area contributed by atoms with Crippen LogP contribution in [0.25, 0.3) is 6.08 Å². The number of anilines is 2. The van der Waals surface area contributed by atoms with Gasteiger partial charge in [0.15, 0.2) is 6.61 Å². The summed E-state index contributed by atoms with van der Waals surface area (Å²) in [5.41, 5.74) is 3.31. The average molecular weight is 441 g/mol. The lowest BCUT2D eigenvalue weighted by atomic mass is 10.1. The SMILES string of the molecule is COc1ccccc1NC(=O)COc1ccc(/C=C2\C(=O)N(c3ccccc3)N=C2C)cc1. The van der Waals surface area contributed by atoms with Gasteiger partial charge < -0.3 is 14.8 Å². The molecule has 3 aromatic rings. The average Bonchev–Trinajstić information content (AvgIpc) is 3.13. The van der Waals surface area contributed by atoms with Crippen LogP contribution in [0.1, 0.15) is 12.5 Å². The topological polar surface area (TPSA) is 80.2 Å². The molecule has 33 heavy (non-hydrogen) atoms. The Labute approximate surface area is 191 Å². The van der Waals surface area contributed by atoms with E-state index in [0.717, 1.165) is 11.3 Å². The summed E-state index contributed by atoms with van der Waals surface area (Å²) >= 11 is 0. The Hall–Kier alpha value is -4.39. The maximum absolute atomic E-state index is 12.8. The van der Waals surface area contributed by atoms with E-state index < -0.39 is 0 Å². The molecule has 0 saturated heterocycles. The molecule has 7 nitrogen and oxygen atoms in total. The number of hydrogen-bond acceptors (Lipinski definition) is 5. The fourth-order valence-corrected chi connectivity index (χ4v) is 3.34. The van der Waals surface area contributed by atoms with Crippen LogP contribution in [0, 0.1) is 0 Å². The van der Waals surface area contributed by atoms with Crippen LogP contribution in [0.5, 0.6) is 11.5 Å². The van der Waals surface area contributed by atoms with Crippen LogP contribution in [-0.2, 0) is 9.59 Å². The number of nitrogens with zero attached hydrogens (tertiary/aromatic N) is 2. The lowest BCUT2D eigenvalue weighted by molar-refractivity contribution is -0.118. The van der Waals surface area contributed by atoms with Crippen molar-refractivity contribution in [2.45, 2.75) is 6.92 Å². The molecule has 1 aliphatic heterocycles. The Kier molecular flexibility index (Phi) is 6.50. The molecule has 0 aliphatic carbocycles. The first kappa shape index (κ1) is 21.8. The molecular formula is C26H23N3O4. The number of ether oxygens (including phenoxy) is 2. The molecule has 7 heteroatoms. The standard InChI is InChI=1S/C26H23N3O4/c1-18-22(26(31)29(28-18)20-8-4-3-5-9-20)16-19-12-14-21(15-13-19)33-17-25(30)27-23-10-6-7-11-24(23)32-2/h3-16H,17H2,1-2H3,(H,27,30)/b22-16-. The molecular weight excluding hydrogens is 418 g/mol. The zero-order valence-corrected chi connectivity index (χ0v) is 18.3. The first-order valence-electron chi connectivity index (χ1n) is 10.4. The fraction of sp³-hybridized carbons (Fsp3) is 0.115. The molecule has 1 aliphatic rings. The summed E-state index contributed by atoms with van der Waals surface area (Å²) in [4.78, 5) is 25.0. The molecule has 0 radical (unpaired) electrons. The third kappa shape index (κ3) is 5.10. The molecule has 2 amide bonds. The van der Waals surface area contributed by atoms with Gasteiger partial charge in [-0.05, 0) is 55.0 Å². The summed E-state index contributed by atoms with van der Waals surface area (Å²) < 4.78 is 10.8. The second kappa shape index (κ2) is 9.82. The number of hydrazone groups is 1. The first-order chi connectivity index (χ1) is 16.0. The van der Waals surface area contributed by atoms with Gasteiger partial charge in [-0.25, -0.2) is 0 Å². The van der Waals surface area contributed by atoms with Crippen LogP contribution in [0.3, 0.4) is 0 Å². The number of carbonyl (C=O) groups is 2. The van der Waals surface area contributed by atoms with E-state index in [2.05, 4.69) is 10.4 Å². The third-order valence-electron chi connectivity index (χ3n) is 5.01. The number of amides is 2. The molecule has 0 aromatic heterocycles. The van der Waals surface area contributed by atoms with E-state index in [4.69, 9.17) is 9.47 Å². The third-order valence-corrected chi connectivity index (χ3v) is 5.01. The van der Waals surface area contributed by atoms with E-state index in [0.29, 0.717) is 28.5 Å². The number of carbonyl (C=O) groups excluding carboxylic acids is 2. The van der Waals surface area contributed by atoms with Crippen molar-refractivity contribution in [3.63, 3.8) is 0 Å². The second-order valence-corrected chi connectivity index (χ2v) is 7.30. The number of rotatable bonds is 7. The Morgan fingerprint density at radius 3 is 2.42 bits per heavy atom. The summed E-state index contributed by atoms with van der Waals surface area (Å²) in [5.74, 6) is 0.651. The van der Waals surface area contributed by atoms with Crippen LogP contribution in [-0.4, -0.2) is 31.2 Å². The molecule has 4 rings (SSSR count). The molecule has 0 fully saturated rings. The number of nitrogens with one attached hydrogen (secondary N) is 1. The van der Waals surface area contributed by atoms with Gasteiger partial charge in [-0.15, -0.1) is 0 Å². The quantitative estimate of drug-likeness (QED) is 0.547. The summed E-state index contributed by atoms with van der Waals surface area (Å²) in [6, 6.07) is 23.6. The fourth-order valence-electron chi connectivity index (χ4n) is 3.34. The Morgan fingerprint density at radius 1 is 1.00 bits per heavy atom. The second-order valence-electron chi connectivity index (χ2n) is 7.30. The minimum Gasteiger partial charge on any atom is -0.495 e. The Morgan fingerprint density at radius 2 is 1.70 bits per heavy atom. The number of para-hydroxylation sites is 3. The highest BCUT2D eigenvalue weighted by atomic mass is 16.5. The van der Waals surface area contributed by atoms with Gasteiger partial charge in [0, 0.05) is 0 Å². The number of methoxy groups -OCH3 is 1.